The van der Waals surface area contributed by atoms with Gasteiger partial charge in [-0.15, -0.1) is 0 Å². The smallest absolute Gasteiger partial charge is 0.283 e. The number of sulfone groups is 1. The number of carbonyl (C=O) groups is 1. The molecule has 0 aliphatic carbocycles. The molecule has 0 aromatic heterocycles. The van der Waals surface area contributed by atoms with Gasteiger partial charge in [0, 0.05) is 0 Å². The molecule has 6 nitrogen and oxygen atoms in total. The van der Waals surface area contributed by atoms with Gasteiger partial charge in [0.15, 0.2) is 15.8 Å². The van der Waals surface area contributed by atoms with Gasteiger partial charge >= 0.3 is 0 Å². The molecule has 1 aromatic rings. The maximum absolute atomic E-state index is 13.8. The maximum atomic E-state index is 13.8. The van der Waals surface area contributed by atoms with Crippen LogP contribution in [0, 0.1) is 5.82 Å². The summed E-state index contributed by atoms with van der Waals surface area (Å²) in [5.74, 6) is -2.75. The van der Waals surface area contributed by atoms with Crippen LogP contribution in [0.5, 0.6) is 0 Å². The second-order valence-corrected chi connectivity index (χ2v) is 6.40. The van der Waals surface area contributed by atoms with Gasteiger partial charge in [-0.05, 0) is 23.6 Å². The van der Waals surface area contributed by atoms with Crippen molar-refractivity contribution >= 4 is 21.7 Å². The lowest BCUT2D eigenvalue weighted by molar-refractivity contribution is 0.0998. The van der Waals surface area contributed by atoms with Gasteiger partial charge in [0.2, 0.25) is 0 Å². The molecular formula is C11H12FN3O3S. The number of rotatable bonds is 1. The van der Waals surface area contributed by atoms with Crippen LogP contribution in [0.3, 0.4) is 0 Å². The molecule has 0 saturated heterocycles. The molecule has 1 aromatic carbocycles. The third kappa shape index (κ3) is 2.30. The Morgan fingerprint density at radius 2 is 2.05 bits per heavy atom. The highest BCUT2D eigenvalue weighted by Crippen LogP contribution is 2.36. The Hall–Kier alpha value is -1.96. The Kier molecular flexibility index (Phi) is 3.05. The topological polar surface area (TPSA) is 116 Å². The average molecular weight is 285 g/mol. The van der Waals surface area contributed by atoms with Crippen molar-refractivity contribution in [1.29, 1.82) is 0 Å². The standard InChI is InChI=1S/C11H12FN3O3S/c1-5-4-19(17,18)9-3-7(8(12)2-6(5)9)10(16)15-11(13)14/h2-3,5H,4H2,1H3,(H4,13,14,15,16). The summed E-state index contributed by atoms with van der Waals surface area (Å²) in [4.78, 5) is 14.8. The van der Waals surface area contributed by atoms with Crippen molar-refractivity contribution in [3.8, 4) is 0 Å². The van der Waals surface area contributed by atoms with Gasteiger partial charge in [0.25, 0.3) is 5.91 Å². The van der Waals surface area contributed by atoms with E-state index in [2.05, 4.69) is 4.99 Å². The Morgan fingerprint density at radius 3 is 2.63 bits per heavy atom. The predicted octanol–water partition coefficient (Wildman–Crippen LogP) is 0.130. The number of nitrogens with two attached hydrogens (primary N) is 2. The fourth-order valence-corrected chi connectivity index (χ4v) is 4.01. The van der Waals surface area contributed by atoms with Crippen molar-refractivity contribution in [3.63, 3.8) is 0 Å². The number of hydrogen-bond donors (Lipinski definition) is 2. The van der Waals surface area contributed by atoms with Gasteiger partial charge in [-0.1, -0.05) is 6.92 Å². The zero-order valence-corrected chi connectivity index (χ0v) is 10.9. The van der Waals surface area contributed by atoms with Crippen LogP contribution in [-0.4, -0.2) is 26.0 Å². The van der Waals surface area contributed by atoms with E-state index in [0.717, 1.165) is 12.1 Å². The van der Waals surface area contributed by atoms with E-state index in [4.69, 9.17) is 11.5 Å². The number of hydrogen-bond acceptors (Lipinski definition) is 3. The third-order valence-electron chi connectivity index (χ3n) is 2.90. The molecular weight excluding hydrogens is 273 g/mol. The monoisotopic (exact) mass is 285 g/mol. The van der Waals surface area contributed by atoms with Crippen LogP contribution in [-0.2, 0) is 9.84 Å². The van der Waals surface area contributed by atoms with Gasteiger partial charge in [0.1, 0.15) is 5.82 Å². The number of halogens is 1. The normalized spacial score (nSPS) is 19.8. The SMILES string of the molecule is CC1CS(=O)(=O)c2cc(C(=O)N=C(N)N)c(F)cc21. The lowest BCUT2D eigenvalue weighted by Crippen LogP contribution is -2.24. The minimum atomic E-state index is -3.49. The second-order valence-electron chi connectivity index (χ2n) is 4.39. The number of aliphatic imine (C=N–C) groups is 1. The minimum Gasteiger partial charge on any atom is -0.370 e. The van der Waals surface area contributed by atoms with E-state index in [1.165, 1.54) is 0 Å². The fourth-order valence-electron chi connectivity index (χ4n) is 2.07. The largest absolute Gasteiger partial charge is 0.370 e. The van der Waals surface area contributed by atoms with Crippen molar-refractivity contribution in [1.82, 2.24) is 0 Å². The molecule has 2 rings (SSSR count). The van der Waals surface area contributed by atoms with Gasteiger partial charge in [-0.25, -0.2) is 12.8 Å². The van der Waals surface area contributed by atoms with E-state index < -0.39 is 33.1 Å². The Labute approximate surface area is 109 Å². The fraction of sp³-hybridized carbons (Fsp3) is 0.273. The van der Waals surface area contributed by atoms with Crippen LogP contribution in [0.2, 0.25) is 0 Å². The first-order chi connectivity index (χ1) is 8.72. The Morgan fingerprint density at radius 1 is 1.42 bits per heavy atom. The summed E-state index contributed by atoms with van der Waals surface area (Å²) in [7, 11) is -3.49. The van der Waals surface area contributed by atoms with Gasteiger partial charge in [-0.3, -0.25) is 4.79 Å². The van der Waals surface area contributed by atoms with Crippen molar-refractivity contribution < 1.29 is 17.6 Å². The van der Waals surface area contributed by atoms with Crippen molar-refractivity contribution in [2.75, 3.05) is 5.75 Å². The average Bonchev–Trinajstić information content (AvgIpc) is 2.47. The van der Waals surface area contributed by atoms with Crippen LogP contribution in [0.4, 0.5) is 4.39 Å². The molecule has 1 amide bonds. The van der Waals surface area contributed by atoms with Crippen LogP contribution in [0.1, 0.15) is 28.8 Å². The van der Waals surface area contributed by atoms with Crippen molar-refractivity contribution in [2.24, 2.45) is 16.5 Å². The molecule has 0 radical (unpaired) electrons. The zero-order chi connectivity index (χ0) is 14.4. The summed E-state index contributed by atoms with van der Waals surface area (Å²) in [5, 5.41) is 0. The first kappa shape index (κ1) is 13.5. The molecule has 0 spiro atoms. The highest BCUT2D eigenvalue weighted by molar-refractivity contribution is 7.91. The van der Waals surface area contributed by atoms with E-state index in [0.29, 0.717) is 5.56 Å². The van der Waals surface area contributed by atoms with E-state index in [9.17, 15) is 17.6 Å². The van der Waals surface area contributed by atoms with E-state index in [1.54, 1.807) is 6.92 Å². The van der Waals surface area contributed by atoms with Gasteiger partial charge in [0.05, 0.1) is 16.2 Å². The van der Waals surface area contributed by atoms with Crippen molar-refractivity contribution in [2.45, 2.75) is 17.7 Å². The molecule has 1 aliphatic heterocycles. The molecule has 0 bridgehead atoms. The first-order valence-electron chi connectivity index (χ1n) is 5.42. The highest BCUT2D eigenvalue weighted by atomic mass is 32.2. The third-order valence-corrected chi connectivity index (χ3v) is 4.86. The van der Waals surface area contributed by atoms with Crippen LogP contribution >= 0.6 is 0 Å². The van der Waals surface area contributed by atoms with Crippen LogP contribution in [0.15, 0.2) is 22.0 Å². The molecule has 1 unspecified atom stereocenters. The molecule has 0 saturated carbocycles. The quantitative estimate of drug-likeness (QED) is 0.432. The molecule has 1 aliphatic rings. The number of benzene rings is 1. The Bertz CT molecular complexity index is 693. The molecule has 102 valence electrons. The number of guanidine groups is 1. The van der Waals surface area contributed by atoms with E-state index in [-0.39, 0.29) is 16.6 Å². The minimum absolute atomic E-state index is 0.0319. The lowest BCUT2D eigenvalue weighted by Gasteiger charge is -2.05. The highest BCUT2D eigenvalue weighted by Gasteiger charge is 2.34. The molecule has 19 heavy (non-hydrogen) atoms. The second kappa shape index (κ2) is 4.30. The predicted molar refractivity (Wildman–Crippen MR) is 67.0 cm³/mol. The zero-order valence-electron chi connectivity index (χ0n) is 10.1. The lowest BCUT2D eigenvalue weighted by atomic mass is 10.0. The summed E-state index contributed by atoms with van der Waals surface area (Å²) >= 11 is 0. The number of nitrogens with zero attached hydrogens (tertiary/aromatic N) is 1. The van der Waals surface area contributed by atoms with Crippen LogP contribution in [0.25, 0.3) is 0 Å². The summed E-state index contributed by atoms with van der Waals surface area (Å²) in [6, 6.07) is 2.05. The molecule has 4 N–H and O–H groups in total. The van der Waals surface area contributed by atoms with Gasteiger partial charge < -0.3 is 11.5 Å². The van der Waals surface area contributed by atoms with E-state index in [1.807, 2.05) is 0 Å². The summed E-state index contributed by atoms with van der Waals surface area (Å²) in [6.45, 7) is 1.68. The molecule has 1 atom stereocenters. The number of fused-ring (bicyclic) bond motifs is 1. The summed E-state index contributed by atoms with van der Waals surface area (Å²) < 4.78 is 37.5. The Balaban J connectivity index is 2.63. The maximum Gasteiger partial charge on any atom is 0.283 e. The molecule has 1 heterocycles. The molecule has 8 heteroatoms. The van der Waals surface area contributed by atoms with E-state index >= 15 is 0 Å². The summed E-state index contributed by atoms with van der Waals surface area (Å²) in [6.07, 6.45) is 0. The number of amides is 1. The summed E-state index contributed by atoms with van der Waals surface area (Å²) in [5.41, 5.74) is 9.99. The van der Waals surface area contributed by atoms with Gasteiger partial charge in [-0.2, -0.15) is 4.99 Å². The van der Waals surface area contributed by atoms with Crippen LogP contribution < -0.4 is 11.5 Å². The number of carbonyl (C=O) groups excluding carboxylic acids is 1. The molecule has 0 fully saturated rings. The van der Waals surface area contributed by atoms with Crippen molar-refractivity contribution in [3.05, 3.63) is 29.1 Å². The first-order valence-corrected chi connectivity index (χ1v) is 7.08.